The Bertz CT molecular complexity index is 1280. The maximum atomic E-state index is 12.7. The lowest BCUT2D eigenvalue weighted by Crippen LogP contribution is -2.17. The van der Waals surface area contributed by atoms with Gasteiger partial charge in [0.2, 0.25) is 0 Å². The summed E-state index contributed by atoms with van der Waals surface area (Å²) in [5, 5.41) is 4.52. The number of nitrogens with zero attached hydrogens (tertiary/aromatic N) is 1. The predicted molar refractivity (Wildman–Crippen MR) is 103 cm³/mol. The highest BCUT2D eigenvalue weighted by Gasteiger charge is 2.15. The molecule has 0 saturated heterocycles. The van der Waals surface area contributed by atoms with Crippen LogP contribution >= 0.6 is 0 Å². The van der Waals surface area contributed by atoms with Crippen LogP contribution < -0.4 is 5.69 Å². The third kappa shape index (κ3) is 2.09. The van der Waals surface area contributed by atoms with Crippen LogP contribution in [0.1, 0.15) is 5.56 Å². The Kier molecular flexibility index (Phi) is 3.01. The highest BCUT2D eigenvalue weighted by molar-refractivity contribution is 6.23. The van der Waals surface area contributed by atoms with E-state index < -0.39 is 0 Å². The molecule has 0 saturated carbocycles. The molecule has 1 N–H and O–H groups in total. The van der Waals surface area contributed by atoms with Gasteiger partial charge in [-0.3, -0.25) is 4.57 Å². The normalized spacial score (nSPS) is 11.5. The highest BCUT2D eigenvalue weighted by Crippen LogP contribution is 2.33. The van der Waals surface area contributed by atoms with Gasteiger partial charge in [0, 0.05) is 10.8 Å². The zero-order valence-electron chi connectivity index (χ0n) is 13.6. The van der Waals surface area contributed by atoms with Crippen molar-refractivity contribution in [1.82, 2.24) is 9.55 Å². The van der Waals surface area contributed by atoms with Crippen LogP contribution in [0.3, 0.4) is 0 Å². The van der Waals surface area contributed by atoms with Gasteiger partial charge in [-0.05, 0) is 16.3 Å². The molecule has 3 nitrogen and oxygen atoms in total. The highest BCUT2D eigenvalue weighted by atomic mass is 16.1. The molecule has 0 aliphatic heterocycles. The number of nitrogens with one attached hydrogen (secondary N) is 1. The number of rotatable bonds is 2. The minimum absolute atomic E-state index is 0.0691. The third-order valence-electron chi connectivity index (χ3n) is 4.84. The van der Waals surface area contributed by atoms with E-state index >= 15 is 0 Å². The Morgan fingerprint density at radius 1 is 0.680 bits per heavy atom. The molecule has 0 bridgehead atoms. The van der Waals surface area contributed by atoms with Crippen LogP contribution in [0, 0.1) is 0 Å². The van der Waals surface area contributed by atoms with Gasteiger partial charge in [-0.2, -0.15) is 0 Å². The van der Waals surface area contributed by atoms with Crippen LogP contribution in [-0.4, -0.2) is 9.55 Å². The van der Waals surface area contributed by atoms with E-state index in [4.69, 9.17) is 0 Å². The Morgan fingerprint density at radius 2 is 1.24 bits per heavy atom. The number of imidazole rings is 1. The summed E-state index contributed by atoms with van der Waals surface area (Å²) in [4.78, 5) is 15.8. The molecular weight excluding hydrogens is 308 g/mol. The SMILES string of the molecule is O=c1[nH]c2c3ccccc3c3ccccc3c2n1Cc1ccccc1. The standard InChI is InChI=1S/C22H16N2O/c25-22-23-20-18-12-6-4-10-16(18)17-11-5-7-13-19(17)21(20)24(22)14-15-8-2-1-3-9-15/h1-13H,14H2,(H,23,25). The Labute approximate surface area is 144 Å². The van der Waals surface area contributed by atoms with E-state index in [9.17, 15) is 4.79 Å². The molecule has 0 fully saturated rings. The molecular formula is C22H16N2O. The maximum Gasteiger partial charge on any atom is 0.326 e. The van der Waals surface area contributed by atoms with Crippen LogP contribution in [0.2, 0.25) is 0 Å². The number of benzene rings is 4. The molecule has 0 aliphatic carbocycles. The van der Waals surface area contributed by atoms with Crippen LogP contribution in [-0.2, 0) is 6.54 Å². The monoisotopic (exact) mass is 324 g/mol. The van der Waals surface area contributed by atoms with Gasteiger partial charge in [0.05, 0.1) is 17.6 Å². The van der Waals surface area contributed by atoms with E-state index in [0.717, 1.165) is 27.4 Å². The summed E-state index contributed by atoms with van der Waals surface area (Å²) in [6, 6.07) is 26.6. The molecule has 0 radical (unpaired) electrons. The van der Waals surface area contributed by atoms with E-state index in [1.54, 1.807) is 0 Å². The largest absolute Gasteiger partial charge is 0.326 e. The zero-order chi connectivity index (χ0) is 16.8. The number of fused-ring (bicyclic) bond motifs is 6. The van der Waals surface area contributed by atoms with Crippen molar-refractivity contribution in [3.63, 3.8) is 0 Å². The minimum Gasteiger partial charge on any atom is -0.305 e. The molecule has 0 spiro atoms. The fraction of sp³-hybridized carbons (Fsp3) is 0.0455. The fourth-order valence-corrected chi connectivity index (χ4v) is 3.72. The number of aromatic amines is 1. The number of H-pyrrole nitrogens is 1. The van der Waals surface area contributed by atoms with Gasteiger partial charge in [0.15, 0.2) is 0 Å². The first-order valence-corrected chi connectivity index (χ1v) is 8.39. The van der Waals surface area contributed by atoms with Gasteiger partial charge in [0.1, 0.15) is 0 Å². The molecule has 120 valence electrons. The van der Waals surface area contributed by atoms with E-state index in [2.05, 4.69) is 41.4 Å². The second kappa shape index (κ2) is 5.35. The summed E-state index contributed by atoms with van der Waals surface area (Å²) in [6.07, 6.45) is 0. The van der Waals surface area contributed by atoms with Crippen molar-refractivity contribution >= 4 is 32.6 Å². The quantitative estimate of drug-likeness (QED) is 0.470. The summed E-state index contributed by atoms with van der Waals surface area (Å²) >= 11 is 0. The van der Waals surface area contributed by atoms with E-state index in [0.29, 0.717) is 6.54 Å². The van der Waals surface area contributed by atoms with E-state index in [1.165, 1.54) is 10.8 Å². The molecule has 1 heterocycles. The molecule has 0 atom stereocenters. The van der Waals surface area contributed by atoms with Crippen molar-refractivity contribution in [2.24, 2.45) is 0 Å². The van der Waals surface area contributed by atoms with Gasteiger partial charge in [-0.1, -0.05) is 78.9 Å². The second-order valence-corrected chi connectivity index (χ2v) is 6.32. The average molecular weight is 324 g/mol. The number of hydrogen-bond donors (Lipinski definition) is 1. The van der Waals surface area contributed by atoms with Gasteiger partial charge < -0.3 is 4.98 Å². The number of hydrogen-bond acceptors (Lipinski definition) is 1. The zero-order valence-corrected chi connectivity index (χ0v) is 13.6. The molecule has 0 aliphatic rings. The molecule has 5 rings (SSSR count). The van der Waals surface area contributed by atoms with Gasteiger partial charge in [0.25, 0.3) is 0 Å². The third-order valence-corrected chi connectivity index (χ3v) is 4.84. The van der Waals surface area contributed by atoms with Crippen molar-refractivity contribution < 1.29 is 0 Å². The Balaban J connectivity index is 1.94. The van der Waals surface area contributed by atoms with Crippen molar-refractivity contribution in [2.45, 2.75) is 6.54 Å². The molecule has 0 unspecified atom stereocenters. The molecule has 5 aromatic rings. The Morgan fingerprint density at radius 3 is 1.96 bits per heavy atom. The first-order valence-electron chi connectivity index (χ1n) is 8.39. The van der Waals surface area contributed by atoms with E-state index in [-0.39, 0.29) is 5.69 Å². The molecule has 4 aromatic carbocycles. The summed E-state index contributed by atoms with van der Waals surface area (Å²) in [6.45, 7) is 0.558. The first kappa shape index (κ1) is 14.1. The first-order chi connectivity index (χ1) is 12.3. The second-order valence-electron chi connectivity index (χ2n) is 6.32. The number of aromatic nitrogens is 2. The van der Waals surface area contributed by atoms with Gasteiger partial charge in [-0.15, -0.1) is 0 Å². The molecule has 0 amide bonds. The lowest BCUT2D eigenvalue weighted by Gasteiger charge is -2.09. The van der Waals surface area contributed by atoms with Crippen molar-refractivity contribution in [1.29, 1.82) is 0 Å². The molecule has 25 heavy (non-hydrogen) atoms. The van der Waals surface area contributed by atoms with Crippen LogP contribution in [0.15, 0.2) is 83.7 Å². The van der Waals surface area contributed by atoms with Gasteiger partial charge in [-0.25, -0.2) is 4.79 Å². The summed E-state index contributed by atoms with van der Waals surface area (Å²) in [5.74, 6) is 0. The maximum absolute atomic E-state index is 12.7. The lowest BCUT2D eigenvalue weighted by molar-refractivity contribution is 0.789. The van der Waals surface area contributed by atoms with Crippen LogP contribution in [0.4, 0.5) is 0 Å². The van der Waals surface area contributed by atoms with Crippen molar-refractivity contribution in [3.05, 3.63) is 94.9 Å². The Hall–Kier alpha value is -3.33. The van der Waals surface area contributed by atoms with E-state index in [1.807, 2.05) is 47.0 Å². The molecule has 1 aromatic heterocycles. The fourth-order valence-electron chi connectivity index (χ4n) is 3.72. The summed E-state index contributed by atoms with van der Waals surface area (Å²) in [5.41, 5.74) is 2.93. The van der Waals surface area contributed by atoms with Crippen LogP contribution in [0.5, 0.6) is 0 Å². The summed E-state index contributed by atoms with van der Waals surface area (Å²) < 4.78 is 1.85. The summed E-state index contributed by atoms with van der Waals surface area (Å²) in [7, 11) is 0. The lowest BCUT2D eigenvalue weighted by atomic mass is 10.00. The molecule has 3 heteroatoms. The topological polar surface area (TPSA) is 37.8 Å². The van der Waals surface area contributed by atoms with Crippen molar-refractivity contribution in [2.75, 3.05) is 0 Å². The van der Waals surface area contributed by atoms with Gasteiger partial charge >= 0.3 is 5.69 Å². The minimum atomic E-state index is -0.0691. The van der Waals surface area contributed by atoms with Crippen molar-refractivity contribution in [3.8, 4) is 0 Å². The smallest absolute Gasteiger partial charge is 0.305 e. The van der Waals surface area contributed by atoms with Crippen LogP contribution in [0.25, 0.3) is 32.6 Å². The average Bonchev–Trinajstić information content (AvgIpc) is 3.00. The predicted octanol–water partition coefficient (Wildman–Crippen LogP) is 4.68.